The lowest BCUT2D eigenvalue weighted by molar-refractivity contribution is -0.111. The summed E-state index contributed by atoms with van der Waals surface area (Å²) < 4.78 is 2.09. The number of nitrogens with zero attached hydrogens (tertiary/aromatic N) is 3. The molecule has 0 bridgehead atoms. The van der Waals surface area contributed by atoms with Crippen molar-refractivity contribution in [3.8, 4) is 22.4 Å². The largest absolute Gasteiger partial charge is 0.367 e. The van der Waals surface area contributed by atoms with E-state index in [0.29, 0.717) is 6.54 Å². The van der Waals surface area contributed by atoms with Crippen LogP contribution < -0.4 is 10.6 Å². The average Bonchev–Trinajstić information content (AvgIpc) is 3.25. The number of aryl methyl sites for hydroxylation is 1. The third-order valence-electron chi connectivity index (χ3n) is 5.13. The van der Waals surface area contributed by atoms with Gasteiger partial charge < -0.3 is 20.2 Å². The van der Waals surface area contributed by atoms with Crippen LogP contribution in [0.1, 0.15) is 5.56 Å². The van der Waals surface area contributed by atoms with E-state index in [-0.39, 0.29) is 5.91 Å². The zero-order valence-corrected chi connectivity index (χ0v) is 15.3. The molecule has 3 N–H and O–H groups in total. The van der Waals surface area contributed by atoms with Crippen molar-refractivity contribution < 1.29 is 4.79 Å². The molecule has 1 aromatic carbocycles. The molecule has 0 atom stereocenters. The maximum atomic E-state index is 11.5. The van der Waals surface area contributed by atoms with Crippen molar-refractivity contribution in [2.24, 2.45) is 7.05 Å². The summed E-state index contributed by atoms with van der Waals surface area (Å²) in [5, 5.41) is 7.22. The van der Waals surface area contributed by atoms with Gasteiger partial charge in [0.2, 0.25) is 5.91 Å². The van der Waals surface area contributed by atoms with Crippen LogP contribution >= 0.6 is 0 Å². The lowest BCUT2D eigenvalue weighted by atomic mass is 9.99. The van der Waals surface area contributed by atoms with Gasteiger partial charge in [0.05, 0.1) is 11.1 Å². The molecule has 1 aliphatic rings. The second-order valence-electron chi connectivity index (χ2n) is 6.72. The molecule has 0 unspecified atom stereocenters. The Kier molecular flexibility index (Phi) is 3.55. The van der Waals surface area contributed by atoms with E-state index in [1.165, 1.54) is 11.6 Å². The van der Waals surface area contributed by atoms with Gasteiger partial charge in [-0.1, -0.05) is 18.7 Å². The Hall–Kier alpha value is -3.87. The number of aromatic nitrogens is 4. The lowest BCUT2D eigenvalue weighted by Gasteiger charge is -2.10. The van der Waals surface area contributed by atoms with Gasteiger partial charge in [0.1, 0.15) is 17.8 Å². The van der Waals surface area contributed by atoms with Crippen LogP contribution in [0.25, 0.3) is 33.4 Å². The maximum Gasteiger partial charge on any atom is 0.247 e. The molecular weight excluding hydrogens is 352 g/mol. The van der Waals surface area contributed by atoms with E-state index in [4.69, 9.17) is 0 Å². The molecule has 0 saturated carbocycles. The number of nitrogens with one attached hydrogen (secondary N) is 3. The second-order valence-corrected chi connectivity index (χ2v) is 6.72. The number of rotatable bonds is 3. The van der Waals surface area contributed by atoms with Crippen LogP contribution in [0.5, 0.6) is 0 Å². The van der Waals surface area contributed by atoms with Crippen LogP contribution in [0, 0.1) is 0 Å². The third kappa shape index (κ3) is 2.33. The molecule has 138 valence electrons. The number of hydrogen-bond donors (Lipinski definition) is 3. The third-order valence-corrected chi connectivity index (χ3v) is 5.13. The van der Waals surface area contributed by atoms with E-state index in [0.717, 1.165) is 44.9 Å². The highest BCUT2D eigenvalue weighted by Crippen LogP contribution is 2.45. The summed E-state index contributed by atoms with van der Waals surface area (Å²) in [5.74, 6) is 0.611. The first-order chi connectivity index (χ1) is 13.7. The zero-order valence-electron chi connectivity index (χ0n) is 15.3. The zero-order chi connectivity index (χ0) is 19.3. The Bertz CT molecular complexity index is 1230. The van der Waals surface area contributed by atoms with Crippen molar-refractivity contribution in [2.45, 2.75) is 6.54 Å². The molecule has 28 heavy (non-hydrogen) atoms. The first-order valence-electron chi connectivity index (χ1n) is 8.94. The van der Waals surface area contributed by atoms with Crippen molar-refractivity contribution in [3.05, 3.63) is 61.2 Å². The van der Waals surface area contributed by atoms with Crippen LogP contribution in [-0.4, -0.2) is 25.4 Å². The predicted molar refractivity (Wildman–Crippen MR) is 110 cm³/mol. The summed E-state index contributed by atoms with van der Waals surface area (Å²) in [6, 6.07) is 7.78. The van der Waals surface area contributed by atoms with Gasteiger partial charge in [0, 0.05) is 42.8 Å². The van der Waals surface area contributed by atoms with Crippen LogP contribution in [0.4, 0.5) is 11.5 Å². The van der Waals surface area contributed by atoms with Gasteiger partial charge >= 0.3 is 0 Å². The number of aromatic amines is 1. The van der Waals surface area contributed by atoms with Gasteiger partial charge in [-0.25, -0.2) is 9.97 Å². The second kappa shape index (κ2) is 6.09. The number of H-pyrrole nitrogens is 1. The molecule has 4 heterocycles. The fraction of sp³-hybridized carbons (Fsp3) is 0.0952. The number of amides is 1. The van der Waals surface area contributed by atoms with Crippen LogP contribution in [0.15, 0.2) is 55.6 Å². The topological polar surface area (TPSA) is 87.6 Å². The minimum Gasteiger partial charge on any atom is -0.367 e. The summed E-state index contributed by atoms with van der Waals surface area (Å²) in [5.41, 5.74) is 7.13. The SMILES string of the molecule is C=CC(=O)Nc1ccc(-c2c3c4c(ncnc4n2C)NCc2c[nH]cc2-3)cc1. The molecule has 7 nitrogen and oxygen atoms in total. The highest BCUT2D eigenvalue weighted by Gasteiger charge is 2.26. The fourth-order valence-corrected chi connectivity index (χ4v) is 3.85. The van der Waals surface area contributed by atoms with Crippen LogP contribution in [-0.2, 0) is 18.4 Å². The lowest BCUT2D eigenvalue weighted by Crippen LogP contribution is -2.06. The Balaban J connectivity index is 1.74. The van der Waals surface area contributed by atoms with E-state index in [2.05, 4.69) is 36.7 Å². The average molecular weight is 370 g/mol. The van der Waals surface area contributed by atoms with Crippen molar-refractivity contribution in [1.29, 1.82) is 0 Å². The number of fused-ring (bicyclic) bond motifs is 2. The summed E-state index contributed by atoms with van der Waals surface area (Å²) in [6.07, 6.45) is 6.88. The Morgan fingerprint density at radius 2 is 2.07 bits per heavy atom. The van der Waals surface area contributed by atoms with Gasteiger partial charge in [-0.05, 0) is 29.3 Å². The molecule has 4 aromatic rings. The molecule has 7 heteroatoms. The summed E-state index contributed by atoms with van der Waals surface area (Å²) in [4.78, 5) is 23.8. The van der Waals surface area contributed by atoms with E-state index in [1.54, 1.807) is 6.33 Å². The van der Waals surface area contributed by atoms with E-state index < -0.39 is 0 Å². The molecule has 0 saturated heterocycles. The Morgan fingerprint density at radius 1 is 1.25 bits per heavy atom. The van der Waals surface area contributed by atoms with Crippen LogP contribution in [0.2, 0.25) is 0 Å². The molecule has 0 fully saturated rings. The van der Waals surface area contributed by atoms with E-state index in [9.17, 15) is 4.79 Å². The molecule has 3 aromatic heterocycles. The van der Waals surface area contributed by atoms with Crippen molar-refractivity contribution >= 4 is 28.4 Å². The molecule has 5 rings (SSSR count). The fourth-order valence-electron chi connectivity index (χ4n) is 3.85. The Morgan fingerprint density at radius 3 is 2.86 bits per heavy atom. The van der Waals surface area contributed by atoms with Crippen LogP contribution in [0.3, 0.4) is 0 Å². The standard InChI is InChI=1S/C21H18N6O/c1-3-16(28)26-14-6-4-12(5-7-14)19-17-15-10-22-8-13(15)9-23-20-18(17)21(27(19)2)25-11-24-20/h3-8,10-11,22H,1,9H2,2H3,(H,26,28)(H,23,24,25). The number of carbonyl (C=O) groups is 1. The summed E-state index contributed by atoms with van der Waals surface area (Å²) in [7, 11) is 2.01. The molecule has 1 amide bonds. The number of anilines is 2. The molecule has 0 aliphatic carbocycles. The monoisotopic (exact) mass is 370 g/mol. The van der Waals surface area contributed by atoms with Gasteiger partial charge in [-0.2, -0.15) is 0 Å². The number of carbonyl (C=O) groups excluding carboxylic acids is 1. The van der Waals surface area contributed by atoms with E-state index in [1.807, 2.05) is 43.7 Å². The van der Waals surface area contributed by atoms with E-state index >= 15 is 0 Å². The minimum atomic E-state index is -0.230. The van der Waals surface area contributed by atoms with Crippen molar-refractivity contribution in [1.82, 2.24) is 19.5 Å². The smallest absolute Gasteiger partial charge is 0.247 e. The highest BCUT2D eigenvalue weighted by molar-refractivity contribution is 6.09. The minimum absolute atomic E-state index is 0.230. The summed E-state index contributed by atoms with van der Waals surface area (Å²) in [6.45, 7) is 4.19. The Labute approximate surface area is 161 Å². The molecule has 1 aliphatic heterocycles. The highest BCUT2D eigenvalue weighted by atomic mass is 16.1. The first-order valence-corrected chi connectivity index (χ1v) is 8.94. The van der Waals surface area contributed by atoms with Crippen molar-refractivity contribution in [2.75, 3.05) is 10.6 Å². The summed E-state index contributed by atoms with van der Waals surface area (Å²) >= 11 is 0. The van der Waals surface area contributed by atoms with Crippen molar-refractivity contribution in [3.63, 3.8) is 0 Å². The quantitative estimate of drug-likeness (QED) is 0.480. The maximum absolute atomic E-state index is 11.5. The van der Waals surface area contributed by atoms with Gasteiger partial charge in [-0.3, -0.25) is 4.79 Å². The van der Waals surface area contributed by atoms with Gasteiger partial charge in [-0.15, -0.1) is 0 Å². The molecular formula is C21H18N6O. The van der Waals surface area contributed by atoms with Gasteiger partial charge in [0.15, 0.2) is 0 Å². The number of benzene rings is 1. The number of hydrogen-bond acceptors (Lipinski definition) is 4. The van der Waals surface area contributed by atoms with Gasteiger partial charge in [0.25, 0.3) is 0 Å². The first kappa shape index (κ1) is 16.3. The molecule has 0 radical (unpaired) electrons. The normalized spacial score (nSPS) is 12.2. The predicted octanol–water partition coefficient (Wildman–Crippen LogP) is 3.68. The molecule has 0 spiro atoms.